The van der Waals surface area contributed by atoms with Crippen LogP contribution in [0.1, 0.15) is 42.5 Å². The van der Waals surface area contributed by atoms with Gasteiger partial charge in [-0.2, -0.15) is 0 Å². The van der Waals surface area contributed by atoms with Crippen LogP contribution in [0.3, 0.4) is 0 Å². The Bertz CT molecular complexity index is 477. The van der Waals surface area contributed by atoms with Crippen molar-refractivity contribution in [3.05, 3.63) is 31.7 Å². The van der Waals surface area contributed by atoms with Gasteiger partial charge < -0.3 is 0 Å². The van der Waals surface area contributed by atoms with E-state index >= 15 is 0 Å². The summed E-state index contributed by atoms with van der Waals surface area (Å²) in [6.07, 6.45) is 5.87. The van der Waals surface area contributed by atoms with Crippen LogP contribution in [0.2, 0.25) is 20.1 Å². The molecule has 0 amide bonds. The van der Waals surface area contributed by atoms with Crippen molar-refractivity contribution < 1.29 is 4.79 Å². The third-order valence-electron chi connectivity index (χ3n) is 3.28. The SMILES string of the molecule is O=C(PC1CCCCC1)c1c(Cl)c(Cl)cc(Cl)c1Cl.[Li]. The molecule has 1 aliphatic carbocycles. The summed E-state index contributed by atoms with van der Waals surface area (Å²) in [5.74, 6) is 0. The van der Waals surface area contributed by atoms with Gasteiger partial charge in [-0.25, -0.2) is 0 Å². The van der Waals surface area contributed by atoms with Crippen LogP contribution in [0, 0.1) is 0 Å². The maximum atomic E-state index is 12.4. The molecule has 105 valence electrons. The maximum absolute atomic E-state index is 12.4. The smallest absolute Gasteiger partial charge is 0.184 e. The number of hydrogen-bond donors (Lipinski definition) is 0. The van der Waals surface area contributed by atoms with E-state index in [1.54, 1.807) is 0 Å². The summed E-state index contributed by atoms with van der Waals surface area (Å²) in [7, 11) is 0.193. The molecule has 0 aliphatic heterocycles. The number of carbonyl (C=O) groups is 1. The molecule has 1 aliphatic rings. The molecular formula is C13H13Cl4LiOP. The Morgan fingerprint density at radius 1 is 1.00 bits per heavy atom. The first kappa shape index (κ1) is 19.1. The van der Waals surface area contributed by atoms with Gasteiger partial charge in [0.25, 0.3) is 0 Å². The molecule has 0 spiro atoms. The van der Waals surface area contributed by atoms with Crippen LogP contribution in [0.15, 0.2) is 6.07 Å². The summed E-state index contributed by atoms with van der Waals surface area (Å²) in [5.41, 5.74) is 0.696. The average molecular weight is 365 g/mol. The molecule has 1 radical (unpaired) electrons. The van der Waals surface area contributed by atoms with Gasteiger partial charge in [0.15, 0.2) is 5.52 Å². The molecule has 1 aromatic carbocycles. The quantitative estimate of drug-likeness (QED) is 0.361. The molecule has 1 unspecified atom stereocenters. The number of hydrogen-bond acceptors (Lipinski definition) is 1. The van der Waals surface area contributed by atoms with Gasteiger partial charge in [-0.05, 0) is 33.1 Å². The van der Waals surface area contributed by atoms with E-state index in [2.05, 4.69) is 0 Å². The molecule has 1 saturated carbocycles. The second kappa shape index (κ2) is 8.64. The minimum Gasteiger partial charge on any atom is -0.289 e. The van der Waals surface area contributed by atoms with E-state index in [1.165, 1.54) is 25.3 Å². The zero-order valence-corrected chi connectivity index (χ0v) is 15.1. The van der Waals surface area contributed by atoms with Gasteiger partial charge in [0.1, 0.15) is 0 Å². The van der Waals surface area contributed by atoms with Crippen LogP contribution in [-0.4, -0.2) is 30.0 Å². The predicted octanol–water partition coefficient (Wildman–Crippen LogP) is 6.07. The largest absolute Gasteiger partial charge is 0.289 e. The summed E-state index contributed by atoms with van der Waals surface area (Å²) in [6, 6.07) is 1.47. The van der Waals surface area contributed by atoms with Crippen molar-refractivity contribution in [3.8, 4) is 0 Å². The summed E-state index contributed by atoms with van der Waals surface area (Å²) >= 11 is 24.1. The fraction of sp³-hybridized carbons (Fsp3) is 0.462. The molecule has 1 nitrogen and oxygen atoms in total. The minimum absolute atomic E-state index is 0. The van der Waals surface area contributed by atoms with Gasteiger partial charge in [0.2, 0.25) is 0 Å². The van der Waals surface area contributed by atoms with Crippen LogP contribution in [0.5, 0.6) is 0 Å². The Labute approximate surface area is 153 Å². The van der Waals surface area contributed by atoms with Gasteiger partial charge in [-0.3, -0.25) is 4.79 Å². The second-order valence-corrected chi connectivity index (χ2v) is 7.78. The van der Waals surface area contributed by atoms with Gasteiger partial charge in [0.05, 0.1) is 25.7 Å². The number of rotatable bonds is 3. The van der Waals surface area contributed by atoms with Crippen molar-refractivity contribution in [2.24, 2.45) is 0 Å². The zero-order chi connectivity index (χ0) is 14.0. The summed E-state index contributed by atoms with van der Waals surface area (Å²) in [5, 5.41) is 0.967. The van der Waals surface area contributed by atoms with E-state index in [0.29, 0.717) is 5.66 Å². The topological polar surface area (TPSA) is 17.1 Å². The number of halogens is 4. The molecule has 0 N–H and O–H groups in total. The fourth-order valence-electron chi connectivity index (χ4n) is 2.28. The standard InChI is InChI=1S/C13H13Cl4OP.Li/c14-8-6-9(15)12(17)10(11(8)16)13(18)19-7-4-2-1-3-5-7;/h6-7,19H,1-5H2;. The molecule has 0 bridgehead atoms. The van der Waals surface area contributed by atoms with Gasteiger partial charge in [-0.1, -0.05) is 65.7 Å². The molecule has 2 rings (SSSR count). The summed E-state index contributed by atoms with van der Waals surface area (Å²) in [6.45, 7) is 0. The van der Waals surface area contributed by atoms with Crippen LogP contribution < -0.4 is 0 Å². The fourth-order valence-corrected chi connectivity index (χ4v) is 4.88. The Morgan fingerprint density at radius 2 is 1.50 bits per heavy atom. The first-order valence-electron chi connectivity index (χ1n) is 6.14. The summed E-state index contributed by atoms with van der Waals surface area (Å²) < 4.78 is 0. The first-order valence-corrected chi connectivity index (χ1v) is 8.73. The predicted molar refractivity (Wildman–Crippen MR) is 91.8 cm³/mol. The van der Waals surface area contributed by atoms with Crippen molar-refractivity contribution in [2.75, 3.05) is 0 Å². The van der Waals surface area contributed by atoms with E-state index in [-0.39, 0.29) is 58.6 Å². The van der Waals surface area contributed by atoms with E-state index in [9.17, 15) is 4.79 Å². The maximum Gasteiger partial charge on any atom is 0.184 e. The Hall–Kier alpha value is 1.08. The van der Waals surface area contributed by atoms with Crippen molar-refractivity contribution in [1.29, 1.82) is 0 Å². The molecular weight excluding hydrogens is 352 g/mol. The van der Waals surface area contributed by atoms with Crippen LogP contribution in [0.4, 0.5) is 0 Å². The van der Waals surface area contributed by atoms with E-state index < -0.39 is 0 Å². The third kappa shape index (κ3) is 4.53. The molecule has 1 aromatic rings. The van der Waals surface area contributed by atoms with E-state index in [0.717, 1.165) is 12.8 Å². The van der Waals surface area contributed by atoms with Crippen molar-refractivity contribution in [3.63, 3.8) is 0 Å². The monoisotopic (exact) mass is 363 g/mol. The number of benzene rings is 1. The minimum atomic E-state index is -0.0358. The van der Waals surface area contributed by atoms with Gasteiger partial charge in [-0.15, -0.1) is 0 Å². The molecule has 0 saturated heterocycles. The average Bonchev–Trinajstić information content (AvgIpc) is 2.38. The molecule has 20 heavy (non-hydrogen) atoms. The Kier molecular flexibility index (Phi) is 8.26. The van der Waals surface area contributed by atoms with Crippen LogP contribution >= 0.6 is 55.0 Å². The molecule has 1 fully saturated rings. The molecule has 0 heterocycles. The van der Waals surface area contributed by atoms with E-state index in [4.69, 9.17) is 46.4 Å². The number of carbonyl (C=O) groups excluding carboxylic acids is 1. The van der Waals surface area contributed by atoms with Crippen molar-refractivity contribution >= 4 is 79.4 Å². The molecule has 1 atom stereocenters. The van der Waals surface area contributed by atoms with Gasteiger partial charge >= 0.3 is 0 Å². The Balaban J connectivity index is 0.00000200. The third-order valence-corrected chi connectivity index (χ3v) is 6.35. The van der Waals surface area contributed by atoms with Gasteiger partial charge in [0, 0.05) is 18.9 Å². The Morgan fingerprint density at radius 3 is 2.00 bits per heavy atom. The van der Waals surface area contributed by atoms with Crippen LogP contribution in [-0.2, 0) is 0 Å². The normalized spacial score (nSPS) is 16.4. The van der Waals surface area contributed by atoms with Crippen molar-refractivity contribution in [1.82, 2.24) is 0 Å². The van der Waals surface area contributed by atoms with Crippen molar-refractivity contribution in [2.45, 2.75) is 37.8 Å². The van der Waals surface area contributed by atoms with Crippen LogP contribution in [0.25, 0.3) is 0 Å². The zero-order valence-electron chi connectivity index (χ0n) is 11.1. The second-order valence-electron chi connectivity index (χ2n) is 4.65. The molecule has 0 aromatic heterocycles. The molecule has 7 heteroatoms. The first-order chi connectivity index (χ1) is 9.00. The summed E-state index contributed by atoms with van der Waals surface area (Å²) in [4.78, 5) is 12.4. The van der Waals surface area contributed by atoms with E-state index in [1.807, 2.05) is 0 Å².